The first-order valence-corrected chi connectivity index (χ1v) is 5.70. The molecule has 0 saturated carbocycles. The first kappa shape index (κ1) is 10.4. The Bertz CT molecular complexity index is 668. The molecule has 0 amide bonds. The van der Waals surface area contributed by atoms with Crippen molar-refractivity contribution in [3.63, 3.8) is 0 Å². The van der Waals surface area contributed by atoms with Gasteiger partial charge in [0.15, 0.2) is 0 Å². The predicted molar refractivity (Wildman–Crippen MR) is 67.1 cm³/mol. The predicted octanol–water partition coefficient (Wildman–Crippen LogP) is 2.47. The fourth-order valence-corrected chi connectivity index (χ4v) is 2.17. The molecule has 0 radical (unpaired) electrons. The quantitative estimate of drug-likeness (QED) is 0.696. The molecule has 0 aliphatic heterocycles. The summed E-state index contributed by atoms with van der Waals surface area (Å²) in [7, 11) is 1.89. The summed E-state index contributed by atoms with van der Waals surface area (Å²) in [5.41, 5.74) is 1.11. The Labute approximate surface area is 103 Å². The van der Waals surface area contributed by atoms with Gasteiger partial charge in [-0.25, -0.2) is 4.98 Å². The second-order valence-corrected chi connectivity index (χ2v) is 4.32. The Hall–Kier alpha value is -1.81. The average molecular weight is 247 g/mol. The van der Waals surface area contributed by atoms with Crippen LogP contribution in [0, 0.1) is 0 Å². The molecule has 3 aromatic rings. The van der Waals surface area contributed by atoms with E-state index in [-0.39, 0.29) is 0 Å². The Morgan fingerprint density at radius 3 is 2.94 bits per heavy atom. The van der Waals surface area contributed by atoms with Crippen LogP contribution in [0.5, 0.6) is 0 Å². The van der Waals surface area contributed by atoms with Crippen LogP contribution in [0.1, 0.15) is 5.82 Å². The molecule has 0 aliphatic carbocycles. The number of aromatic nitrogens is 4. The maximum Gasteiger partial charge on any atom is 0.146 e. The molecular formula is C12H11ClN4. The molecule has 86 valence electrons. The molecule has 3 rings (SSSR count). The van der Waals surface area contributed by atoms with Crippen LogP contribution in [0.25, 0.3) is 10.9 Å². The van der Waals surface area contributed by atoms with Crippen molar-refractivity contribution < 1.29 is 0 Å². The van der Waals surface area contributed by atoms with Gasteiger partial charge >= 0.3 is 0 Å². The van der Waals surface area contributed by atoms with E-state index >= 15 is 0 Å². The fraction of sp³-hybridized carbons (Fsp3) is 0.167. The van der Waals surface area contributed by atoms with Crippen LogP contribution in [-0.4, -0.2) is 19.3 Å². The number of hydrogen-bond donors (Lipinski definition) is 0. The van der Waals surface area contributed by atoms with Gasteiger partial charge in [-0.2, -0.15) is 5.10 Å². The van der Waals surface area contributed by atoms with Gasteiger partial charge in [0.1, 0.15) is 12.2 Å². The number of aryl methyl sites for hydroxylation is 1. The second kappa shape index (κ2) is 3.89. The van der Waals surface area contributed by atoms with Crippen LogP contribution in [0.3, 0.4) is 0 Å². The van der Waals surface area contributed by atoms with Gasteiger partial charge in [-0.1, -0.05) is 17.7 Å². The molecule has 0 saturated heterocycles. The molecule has 2 heterocycles. The highest BCUT2D eigenvalue weighted by Crippen LogP contribution is 2.24. The smallest absolute Gasteiger partial charge is 0.146 e. The van der Waals surface area contributed by atoms with E-state index in [0.717, 1.165) is 21.7 Å². The minimum absolute atomic E-state index is 0.695. The number of hydrogen-bond acceptors (Lipinski definition) is 2. The monoisotopic (exact) mass is 246 g/mol. The zero-order valence-electron chi connectivity index (χ0n) is 9.34. The summed E-state index contributed by atoms with van der Waals surface area (Å²) >= 11 is 6.14. The summed E-state index contributed by atoms with van der Waals surface area (Å²) < 4.78 is 3.89. The van der Waals surface area contributed by atoms with E-state index in [9.17, 15) is 0 Å². The molecule has 1 aromatic carbocycles. The number of nitrogens with zero attached hydrogens (tertiary/aromatic N) is 4. The second-order valence-electron chi connectivity index (χ2n) is 3.92. The topological polar surface area (TPSA) is 35.6 Å². The Morgan fingerprint density at radius 1 is 1.29 bits per heavy atom. The molecule has 4 nitrogen and oxygen atoms in total. The SMILES string of the molecule is Cn1ncnc1Cn1ccc2c(Cl)cccc21. The van der Waals surface area contributed by atoms with Gasteiger partial charge in [0.2, 0.25) is 0 Å². The fourth-order valence-electron chi connectivity index (χ4n) is 1.94. The van der Waals surface area contributed by atoms with Crippen LogP contribution < -0.4 is 0 Å². The standard InChI is InChI=1S/C12H11ClN4/c1-16-12(14-8-15-16)7-17-6-5-9-10(13)3-2-4-11(9)17/h2-6,8H,7H2,1H3. The van der Waals surface area contributed by atoms with Gasteiger partial charge in [-0.3, -0.25) is 4.68 Å². The zero-order valence-corrected chi connectivity index (χ0v) is 10.1. The van der Waals surface area contributed by atoms with Crippen molar-refractivity contribution in [1.82, 2.24) is 19.3 Å². The van der Waals surface area contributed by atoms with E-state index in [1.807, 2.05) is 31.4 Å². The average Bonchev–Trinajstić information content (AvgIpc) is 2.89. The molecule has 0 unspecified atom stereocenters. The van der Waals surface area contributed by atoms with Gasteiger partial charge in [-0.15, -0.1) is 0 Å². The highest BCUT2D eigenvalue weighted by molar-refractivity contribution is 6.35. The van der Waals surface area contributed by atoms with Gasteiger partial charge in [-0.05, 0) is 18.2 Å². The van der Waals surface area contributed by atoms with E-state index in [4.69, 9.17) is 11.6 Å². The van der Waals surface area contributed by atoms with E-state index in [2.05, 4.69) is 20.7 Å². The highest BCUT2D eigenvalue weighted by atomic mass is 35.5. The number of halogens is 1. The van der Waals surface area contributed by atoms with Gasteiger partial charge in [0, 0.05) is 29.2 Å². The molecule has 0 aliphatic rings. The lowest BCUT2D eigenvalue weighted by Crippen LogP contribution is -2.05. The number of rotatable bonds is 2. The first-order valence-electron chi connectivity index (χ1n) is 5.32. The van der Waals surface area contributed by atoms with E-state index < -0.39 is 0 Å². The van der Waals surface area contributed by atoms with Crippen LogP contribution in [0.2, 0.25) is 5.02 Å². The minimum atomic E-state index is 0.695. The summed E-state index contributed by atoms with van der Waals surface area (Å²) in [6, 6.07) is 7.93. The van der Waals surface area contributed by atoms with E-state index in [1.54, 1.807) is 11.0 Å². The van der Waals surface area contributed by atoms with Crippen molar-refractivity contribution >= 4 is 22.5 Å². The maximum atomic E-state index is 6.14. The third-order valence-corrected chi connectivity index (χ3v) is 3.21. The number of fused-ring (bicyclic) bond motifs is 1. The first-order chi connectivity index (χ1) is 8.25. The molecule has 0 bridgehead atoms. The summed E-state index contributed by atoms with van der Waals surface area (Å²) in [6.07, 6.45) is 3.58. The summed E-state index contributed by atoms with van der Waals surface area (Å²) in [5.74, 6) is 0.919. The normalized spacial score (nSPS) is 11.2. The van der Waals surface area contributed by atoms with Gasteiger partial charge in [0.05, 0.1) is 6.54 Å². The highest BCUT2D eigenvalue weighted by Gasteiger charge is 2.06. The molecule has 0 spiro atoms. The minimum Gasteiger partial charge on any atom is -0.340 e. The van der Waals surface area contributed by atoms with Gasteiger partial charge in [0.25, 0.3) is 0 Å². The largest absolute Gasteiger partial charge is 0.340 e. The lowest BCUT2D eigenvalue weighted by atomic mass is 10.2. The molecule has 0 N–H and O–H groups in total. The van der Waals surface area contributed by atoms with Crippen molar-refractivity contribution in [3.05, 3.63) is 47.6 Å². The van der Waals surface area contributed by atoms with Crippen molar-refractivity contribution in [3.8, 4) is 0 Å². The molecule has 0 atom stereocenters. The summed E-state index contributed by atoms with van der Waals surface area (Å²) in [6.45, 7) is 0.695. The van der Waals surface area contributed by atoms with Crippen LogP contribution in [0.15, 0.2) is 36.8 Å². The third kappa shape index (κ3) is 1.70. The van der Waals surface area contributed by atoms with Crippen LogP contribution in [0.4, 0.5) is 0 Å². The molecule has 2 aromatic heterocycles. The summed E-state index contributed by atoms with van der Waals surface area (Å²) in [5, 5.41) is 5.90. The maximum absolute atomic E-state index is 6.14. The van der Waals surface area contributed by atoms with Crippen molar-refractivity contribution in [2.75, 3.05) is 0 Å². The Balaban J connectivity index is 2.07. The van der Waals surface area contributed by atoms with Crippen molar-refractivity contribution in [1.29, 1.82) is 0 Å². The van der Waals surface area contributed by atoms with Gasteiger partial charge < -0.3 is 4.57 Å². The zero-order chi connectivity index (χ0) is 11.8. The Morgan fingerprint density at radius 2 is 2.18 bits per heavy atom. The molecule has 0 fully saturated rings. The lowest BCUT2D eigenvalue weighted by molar-refractivity contribution is 0.664. The summed E-state index contributed by atoms with van der Waals surface area (Å²) in [4.78, 5) is 4.22. The van der Waals surface area contributed by atoms with Crippen molar-refractivity contribution in [2.45, 2.75) is 6.54 Å². The van der Waals surface area contributed by atoms with E-state index in [1.165, 1.54) is 0 Å². The Kier molecular flexibility index (Phi) is 2.37. The third-order valence-electron chi connectivity index (χ3n) is 2.88. The van der Waals surface area contributed by atoms with Crippen LogP contribution in [-0.2, 0) is 13.6 Å². The molecular weight excluding hydrogens is 236 g/mol. The van der Waals surface area contributed by atoms with Crippen LogP contribution >= 0.6 is 11.6 Å². The van der Waals surface area contributed by atoms with Crippen molar-refractivity contribution in [2.24, 2.45) is 7.05 Å². The molecule has 5 heteroatoms. The lowest BCUT2D eigenvalue weighted by Gasteiger charge is -2.04. The molecule has 17 heavy (non-hydrogen) atoms. The number of benzene rings is 1. The van der Waals surface area contributed by atoms with E-state index in [0.29, 0.717) is 6.54 Å².